The maximum atomic E-state index is 14.0. The highest BCUT2D eigenvalue weighted by atomic mass is 79.9. The monoisotopic (exact) mass is 390 g/mol. The summed E-state index contributed by atoms with van der Waals surface area (Å²) < 4.78 is 55.0. The van der Waals surface area contributed by atoms with Crippen LogP contribution in [0.2, 0.25) is 0 Å². The van der Waals surface area contributed by atoms with Crippen LogP contribution in [0.3, 0.4) is 0 Å². The van der Waals surface area contributed by atoms with E-state index in [9.17, 15) is 17.2 Å². The van der Waals surface area contributed by atoms with Crippen molar-refractivity contribution in [2.45, 2.75) is 18.7 Å². The highest BCUT2D eigenvalue weighted by molar-refractivity contribution is 9.10. The number of aryl methyl sites for hydroxylation is 1. The van der Waals surface area contributed by atoms with Crippen molar-refractivity contribution in [3.8, 4) is 0 Å². The summed E-state index contributed by atoms with van der Waals surface area (Å²) in [5, 5.41) is 0. The Hall–Kier alpha value is -1.67. The van der Waals surface area contributed by atoms with E-state index in [2.05, 4.69) is 20.7 Å². The topological polar surface area (TPSA) is 72.2 Å². The molecule has 0 heterocycles. The third-order valence-electron chi connectivity index (χ3n) is 3.13. The van der Waals surface area contributed by atoms with E-state index in [0.717, 1.165) is 12.1 Å². The number of sulfonamides is 1. The molecule has 0 unspecified atom stereocenters. The second kappa shape index (κ2) is 5.85. The van der Waals surface area contributed by atoms with Crippen LogP contribution in [0.25, 0.3) is 0 Å². The normalized spacial score (nSPS) is 11.5. The summed E-state index contributed by atoms with van der Waals surface area (Å²) in [4.78, 5) is -0.501. The van der Waals surface area contributed by atoms with Crippen molar-refractivity contribution < 1.29 is 17.2 Å². The van der Waals surface area contributed by atoms with Crippen LogP contribution >= 0.6 is 15.9 Å². The molecule has 0 saturated carbocycles. The van der Waals surface area contributed by atoms with Crippen molar-refractivity contribution in [3.63, 3.8) is 0 Å². The number of halogens is 3. The van der Waals surface area contributed by atoms with Gasteiger partial charge in [0.1, 0.15) is 16.5 Å². The first-order valence-corrected chi connectivity index (χ1v) is 8.44. The van der Waals surface area contributed by atoms with Gasteiger partial charge in [-0.25, -0.2) is 17.2 Å². The fraction of sp³-hybridized carbons (Fsp3) is 0.143. The van der Waals surface area contributed by atoms with Gasteiger partial charge in [0.15, 0.2) is 0 Å². The summed E-state index contributed by atoms with van der Waals surface area (Å²) in [6.07, 6.45) is 0. The van der Waals surface area contributed by atoms with Gasteiger partial charge in [0.25, 0.3) is 10.0 Å². The Balaban J connectivity index is 2.57. The Morgan fingerprint density at radius 2 is 1.77 bits per heavy atom. The van der Waals surface area contributed by atoms with Gasteiger partial charge in [0, 0.05) is 10.0 Å². The molecule has 0 fully saturated rings. The van der Waals surface area contributed by atoms with Gasteiger partial charge in [0.2, 0.25) is 0 Å². The standard InChI is InChI=1S/C14H13BrF2N2O2S/c1-7-5-9(15)6-11(17)14(7)22(20,21)19-13-8(2)10(16)3-4-12(13)18/h3-6,19H,18H2,1-2H3. The molecular weight excluding hydrogens is 378 g/mol. The van der Waals surface area contributed by atoms with Crippen LogP contribution in [0.4, 0.5) is 20.2 Å². The highest BCUT2D eigenvalue weighted by Gasteiger charge is 2.24. The average molecular weight is 391 g/mol. The zero-order chi connectivity index (χ0) is 16.7. The molecule has 2 rings (SSSR count). The molecule has 2 aromatic carbocycles. The van der Waals surface area contributed by atoms with Gasteiger partial charge in [-0.2, -0.15) is 0 Å². The van der Waals surface area contributed by atoms with Crippen LogP contribution in [0.5, 0.6) is 0 Å². The quantitative estimate of drug-likeness (QED) is 0.784. The zero-order valence-electron chi connectivity index (χ0n) is 11.7. The Labute approximate surface area is 135 Å². The summed E-state index contributed by atoms with van der Waals surface area (Å²) in [6, 6.07) is 4.89. The maximum Gasteiger partial charge on any atom is 0.265 e. The van der Waals surface area contributed by atoms with Gasteiger partial charge in [0.05, 0.1) is 11.4 Å². The molecule has 118 valence electrons. The van der Waals surface area contributed by atoms with E-state index in [1.807, 2.05) is 0 Å². The molecule has 4 nitrogen and oxygen atoms in total. The van der Waals surface area contributed by atoms with Gasteiger partial charge >= 0.3 is 0 Å². The molecule has 0 saturated heterocycles. The third-order valence-corrected chi connectivity index (χ3v) is 5.12. The second-order valence-electron chi connectivity index (χ2n) is 4.78. The molecule has 0 radical (unpaired) electrons. The molecule has 0 spiro atoms. The number of hydrogen-bond donors (Lipinski definition) is 2. The van der Waals surface area contributed by atoms with Gasteiger partial charge in [-0.05, 0) is 43.7 Å². The number of hydrogen-bond acceptors (Lipinski definition) is 3. The molecule has 0 bridgehead atoms. The van der Waals surface area contributed by atoms with Crippen molar-refractivity contribution in [1.29, 1.82) is 0 Å². The zero-order valence-corrected chi connectivity index (χ0v) is 14.1. The lowest BCUT2D eigenvalue weighted by Gasteiger charge is -2.15. The van der Waals surface area contributed by atoms with E-state index >= 15 is 0 Å². The van der Waals surface area contributed by atoms with E-state index in [0.29, 0.717) is 4.47 Å². The second-order valence-corrected chi connectivity index (χ2v) is 7.31. The fourth-order valence-corrected chi connectivity index (χ4v) is 4.04. The van der Waals surface area contributed by atoms with Crippen LogP contribution in [-0.2, 0) is 10.0 Å². The summed E-state index contributed by atoms with van der Waals surface area (Å²) in [7, 11) is -4.25. The van der Waals surface area contributed by atoms with Crippen molar-refractivity contribution in [3.05, 3.63) is 51.5 Å². The summed E-state index contributed by atoms with van der Waals surface area (Å²) in [5.41, 5.74) is 5.89. The first-order valence-electron chi connectivity index (χ1n) is 6.16. The third kappa shape index (κ3) is 3.07. The smallest absolute Gasteiger partial charge is 0.265 e. The van der Waals surface area contributed by atoms with E-state index in [1.54, 1.807) is 0 Å². The molecule has 0 aliphatic carbocycles. The lowest BCUT2D eigenvalue weighted by Crippen LogP contribution is -2.18. The summed E-state index contributed by atoms with van der Waals surface area (Å²) in [5.74, 6) is -1.52. The molecule has 2 aromatic rings. The van der Waals surface area contributed by atoms with Crippen LogP contribution in [0.1, 0.15) is 11.1 Å². The van der Waals surface area contributed by atoms with Gasteiger partial charge < -0.3 is 5.73 Å². The predicted octanol–water partition coefficient (Wildman–Crippen LogP) is 3.73. The molecule has 8 heteroatoms. The lowest BCUT2D eigenvalue weighted by atomic mass is 10.1. The molecular formula is C14H13BrF2N2O2S. The van der Waals surface area contributed by atoms with Crippen LogP contribution in [0.15, 0.2) is 33.6 Å². The summed E-state index contributed by atoms with van der Waals surface area (Å²) in [6.45, 7) is 2.85. The lowest BCUT2D eigenvalue weighted by molar-refractivity contribution is 0.567. The van der Waals surface area contributed by atoms with Gasteiger partial charge in [-0.15, -0.1) is 0 Å². The largest absolute Gasteiger partial charge is 0.397 e. The van der Waals surface area contributed by atoms with Crippen LogP contribution in [0, 0.1) is 25.5 Å². The molecule has 22 heavy (non-hydrogen) atoms. The number of nitrogens with two attached hydrogens (primary N) is 1. The molecule has 0 aromatic heterocycles. The van der Waals surface area contributed by atoms with Crippen molar-refractivity contribution in [2.24, 2.45) is 0 Å². The SMILES string of the molecule is Cc1cc(Br)cc(F)c1S(=O)(=O)Nc1c(N)ccc(F)c1C. The molecule has 0 amide bonds. The Bertz CT molecular complexity index is 831. The predicted molar refractivity (Wildman–Crippen MR) is 85.2 cm³/mol. The molecule has 0 aliphatic rings. The number of benzene rings is 2. The number of anilines is 2. The maximum absolute atomic E-state index is 14.0. The van der Waals surface area contributed by atoms with Gasteiger partial charge in [-0.1, -0.05) is 15.9 Å². The minimum atomic E-state index is -4.25. The van der Waals surface area contributed by atoms with E-state index in [-0.39, 0.29) is 22.5 Å². The number of nitrogens with one attached hydrogen (secondary N) is 1. The fourth-order valence-electron chi connectivity index (χ4n) is 2.06. The van der Waals surface area contributed by atoms with Crippen molar-refractivity contribution in [1.82, 2.24) is 0 Å². The van der Waals surface area contributed by atoms with Crippen molar-refractivity contribution >= 4 is 37.3 Å². The minimum absolute atomic E-state index is 0.0405. The Kier molecular flexibility index (Phi) is 4.44. The Morgan fingerprint density at radius 1 is 1.14 bits per heavy atom. The first kappa shape index (κ1) is 16.7. The average Bonchev–Trinajstić information content (AvgIpc) is 2.37. The van der Waals surface area contributed by atoms with E-state index < -0.39 is 26.6 Å². The minimum Gasteiger partial charge on any atom is -0.397 e. The number of rotatable bonds is 3. The molecule has 0 aliphatic heterocycles. The van der Waals surface area contributed by atoms with Gasteiger partial charge in [-0.3, -0.25) is 4.72 Å². The molecule has 3 N–H and O–H groups in total. The van der Waals surface area contributed by atoms with Crippen LogP contribution in [-0.4, -0.2) is 8.42 Å². The Morgan fingerprint density at radius 3 is 2.36 bits per heavy atom. The van der Waals surface area contributed by atoms with E-state index in [1.165, 1.54) is 26.0 Å². The van der Waals surface area contributed by atoms with Crippen molar-refractivity contribution in [2.75, 3.05) is 10.5 Å². The first-order chi connectivity index (χ1) is 10.1. The highest BCUT2D eigenvalue weighted by Crippen LogP contribution is 2.30. The summed E-state index contributed by atoms with van der Waals surface area (Å²) >= 11 is 3.09. The van der Waals surface area contributed by atoms with E-state index in [4.69, 9.17) is 5.73 Å². The molecule has 0 atom stereocenters. The number of nitrogen functional groups attached to an aromatic ring is 1. The van der Waals surface area contributed by atoms with Crippen LogP contribution < -0.4 is 10.5 Å².